The normalized spacial score (nSPS) is 8.88. The fourth-order valence-corrected chi connectivity index (χ4v) is 1.59. The van der Waals surface area contributed by atoms with Gasteiger partial charge in [-0.25, -0.2) is 0 Å². The van der Waals surface area contributed by atoms with Crippen LogP contribution < -0.4 is 4.74 Å². The van der Waals surface area contributed by atoms with Crippen molar-refractivity contribution in [1.82, 2.24) is 4.57 Å². The Hall–Kier alpha value is -1.51. The summed E-state index contributed by atoms with van der Waals surface area (Å²) in [6.45, 7) is 6.10. The third kappa shape index (κ3) is 3.48. The van der Waals surface area contributed by atoms with Gasteiger partial charge in [-0.1, -0.05) is 13.8 Å². The van der Waals surface area contributed by atoms with Crippen molar-refractivity contribution in [3.05, 3.63) is 30.0 Å². The Bertz CT molecular complexity index is 449. The molecule has 96 valence electrons. The van der Waals surface area contributed by atoms with E-state index < -0.39 is 0 Å². The van der Waals surface area contributed by atoms with Crippen LogP contribution in [-0.4, -0.2) is 18.9 Å². The first-order valence-electron chi connectivity index (χ1n) is 5.70. The lowest BCUT2D eigenvalue weighted by molar-refractivity contribution is 0.415. The first kappa shape index (κ1) is 15.5. The van der Waals surface area contributed by atoms with Gasteiger partial charge in [0.25, 0.3) is 0 Å². The number of ether oxygens (including phenoxy) is 1. The summed E-state index contributed by atoms with van der Waals surface area (Å²) in [4.78, 5) is 0. The Morgan fingerprint density at radius 1 is 1.12 bits per heavy atom. The monoisotopic (exact) mass is 239 g/mol. The summed E-state index contributed by atoms with van der Waals surface area (Å²) in [6, 6.07) is 8.29. The minimum Gasteiger partial charge on any atom is -0.497 e. The Balaban J connectivity index is 0.000000581. The van der Waals surface area contributed by atoms with E-state index in [1.165, 1.54) is 16.6 Å². The number of hydrogen-bond acceptors (Lipinski definition) is 1. The number of aryl methyl sites for hydroxylation is 2. The quantitative estimate of drug-likeness (QED) is 0.730. The molecule has 0 aliphatic carbocycles. The van der Waals surface area contributed by atoms with Gasteiger partial charge in [0.2, 0.25) is 0 Å². The van der Waals surface area contributed by atoms with Gasteiger partial charge in [-0.15, -0.1) is 0 Å². The predicted molar refractivity (Wildman–Crippen MR) is 72.6 cm³/mol. The zero-order chi connectivity index (χ0) is 13.4. The Morgan fingerprint density at radius 3 is 2.24 bits per heavy atom. The number of halogens is 1. The van der Waals surface area contributed by atoms with Gasteiger partial charge in [0.15, 0.2) is 0 Å². The third-order valence-corrected chi connectivity index (χ3v) is 2.49. The molecule has 0 radical (unpaired) electrons. The number of fused-ring (bicyclic) bond motifs is 1. The maximum absolute atomic E-state index is 9.50. The van der Waals surface area contributed by atoms with E-state index in [-0.39, 0.29) is 0 Å². The number of methoxy groups -OCH3 is 1. The highest BCUT2D eigenvalue weighted by Crippen LogP contribution is 2.22. The summed E-state index contributed by atoms with van der Waals surface area (Å²) in [5.41, 5.74) is 2.52. The van der Waals surface area contributed by atoms with Crippen LogP contribution in [0.4, 0.5) is 4.39 Å². The molecule has 0 fully saturated rings. The van der Waals surface area contributed by atoms with Crippen LogP contribution in [0, 0.1) is 6.92 Å². The molecule has 0 spiro atoms. The topological polar surface area (TPSA) is 14.2 Å². The molecule has 1 heterocycles. The first-order chi connectivity index (χ1) is 8.22. The molecule has 2 rings (SSSR count). The van der Waals surface area contributed by atoms with Gasteiger partial charge in [0.1, 0.15) is 5.75 Å². The number of hydrogen-bond donors (Lipinski definition) is 0. The summed E-state index contributed by atoms with van der Waals surface area (Å²) in [5.74, 6) is 0.915. The van der Waals surface area contributed by atoms with E-state index in [4.69, 9.17) is 4.74 Å². The maximum atomic E-state index is 9.50. The predicted octanol–water partition coefficient (Wildman–Crippen LogP) is 4.11. The minimum absolute atomic E-state index is 0.500. The minimum atomic E-state index is 0.500. The average Bonchev–Trinajstić information content (AvgIpc) is 2.69. The van der Waals surface area contributed by atoms with Crippen LogP contribution in [-0.2, 0) is 7.05 Å². The lowest BCUT2D eigenvalue weighted by Gasteiger charge is -2.00. The molecule has 0 atom stereocenters. The maximum Gasteiger partial charge on any atom is 0.119 e. The van der Waals surface area contributed by atoms with Gasteiger partial charge in [0, 0.05) is 23.6 Å². The zero-order valence-corrected chi connectivity index (χ0v) is 11.5. The summed E-state index contributed by atoms with van der Waals surface area (Å²) < 4.78 is 16.8. The second-order valence-corrected chi connectivity index (χ2v) is 3.27. The van der Waals surface area contributed by atoms with Crippen molar-refractivity contribution < 1.29 is 9.13 Å². The smallest absolute Gasteiger partial charge is 0.119 e. The molecule has 0 aliphatic heterocycles. The Morgan fingerprint density at radius 2 is 1.71 bits per heavy atom. The van der Waals surface area contributed by atoms with Crippen LogP contribution in [0.2, 0.25) is 0 Å². The Kier molecular flexibility index (Phi) is 7.03. The largest absolute Gasteiger partial charge is 0.497 e. The number of aromatic nitrogens is 1. The van der Waals surface area contributed by atoms with Crippen molar-refractivity contribution in [2.24, 2.45) is 7.05 Å². The molecule has 0 aliphatic rings. The molecule has 0 N–H and O–H groups in total. The van der Waals surface area contributed by atoms with Crippen molar-refractivity contribution in [2.75, 3.05) is 14.3 Å². The first-order valence-corrected chi connectivity index (χ1v) is 5.70. The molecule has 1 aromatic heterocycles. The molecule has 2 nitrogen and oxygen atoms in total. The van der Waals surface area contributed by atoms with Gasteiger partial charge in [-0.05, 0) is 31.2 Å². The lowest BCUT2D eigenvalue weighted by Crippen LogP contribution is -1.89. The summed E-state index contributed by atoms with van der Waals surface area (Å²) in [7, 11) is 4.26. The molecule has 2 aromatic rings. The summed E-state index contributed by atoms with van der Waals surface area (Å²) >= 11 is 0. The molecule has 1 aromatic carbocycles. The molecular weight excluding hydrogens is 217 g/mol. The van der Waals surface area contributed by atoms with E-state index in [0.717, 1.165) is 5.75 Å². The van der Waals surface area contributed by atoms with E-state index >= 15 is 0 Å². The van der Waals surface area contributed by atoms with Gasteiger partial charge in [0.05, 0.1) is 14.3 Å². The fourth-order valence-electron chi connectivity index (χ4n) is 1.59. The van der Waals surface area contributed by atoms with Crippen LogP contribution in [0.25, 0.3) is 10.9 Å². The van der Waals surface area contributed by atoms with Crippen molar-refractivity contribution in [3.8, 4) is 5.75 Å². The Labute approximate surface area is 103 Å². The van der Waals surface area contributed by atoms with Crippen molar-refractivity contribution in [3.63, 3.8) is 0 Å². The molecule has 3 heteroatoms. The van der Waals surface area contributed by atoms with Crippen molar-refractivity contribution >= 4 is 10.9 Å². The summed E-state index contributed by atoms with van der Waals surface area (Å²) in [5, 5.41) is 1.24. The van der Waals surface area contributed by atoms with E-state index in [9.17, 15) is 4.39 Å². The number of rotatable bonds is 1. The molecule has 0 unspecified atom stereocenters. The number of alkyl halides is 1. The van der Waals surface area contributed by atoms with E-state index in [0.29, 0.717) is 7.18 Å². The van der Waals surface area contributed by atoms with Crippen LogP contribution in [0.1, 0.15) is 19.5 Å². The number of nitrogens with zero attached hydrogens (tertiary/aromatic N) is 1. The van der Waals surface area contributed by atoms with Crippen LogP contribution in [0.5, 0.6) is 5.75 Å². The average molecular weight is 239 g/mol. The highest BCUT2D eigenvalue weighted by molar-refractivity contribution is 5.82. The number of benzene rings is 1. The van der Waals surface area contributed by atoms with Gasteiger partial charge >= 0.3 is 0 Å². The summed E-state index contributed by atoms with van der Waals surface area (Å²) in [6.07, 6.45) is 0. The lowest BCUT2D eigenvalue weighted by atomic mass is 10.2. The highest BCUT2D eigenvalue weighted by atomic mass is 19.1. The second kappa shape index (κ2) is 7.71. The standard InChI is InChI=1S/C11H13NO.C2H6.CH3F/c1-8-6-9-7-10(13-3)4-5-11(9)12(8)2;2*1-2/h4-7H,1-3H3;1-2H3;1H3. The van der Waals surface area contributed by atoms with Crippen molar-refractivity contribution in [2.45, 2.75) is 20.8 Å². The zero-order valence-electron chi connectivity index (χ0n) is 11.5. The molecule has 0 amide bonds. The van der Waals surface area contributed by atoms with E-state index in [1.54, 1.807) is 7.11 Å². The van der Waals surface area contributed by atoms with E-state index in [2.05, 4.69) is 36.7 Å². The SMILES string of the molecule is CC.CF.COc1ccc2c(c1)cc(C)n2C. The molecular formula is C14H22FNO. The van der Waals surface area contributed by atoms with Gasteiger partial charge in [-0.2, -0.15) is 0 Å². The van der Waals surface area contributed by atoms with E-state index in [1.807, 2.05) is 19.9 Å². The second-order valence-electron chi connectivity index (χ2n) is 3.27. The third-order valence-electron chi connectivity index (χ3n) is 2.49. The van der Waals surface area contributed by atoms with Gasteiger partial charge < -0.3 is 9.30 Å². The molecule has 0 saturated carbocycles. The molecule has 0 saturated heterocycles. The van der Waals surface area contributed by atoms with Crippen LogP contribution in [0.3, 0.4) is 0 Å². The van der Waals surface area contributed by atoms with Gasteiger partial charge in [-0.3, -0.25) is 4.39 Å². The molecule has 0 bridgehead atoms. The molecule has 17 heavy (non-hydrogen) atoms. The van der Waals surface area contributed by atoms with Crippen LogP contribution in [0.15, 0.2) is 24.3 Å². The van der Waals surface area contributed by atoms with Crippen LogP contribution >= 0.6 is 0 Å². The van der Waals surface area contributed by atoms with Crippen molar-refractivity contribution in [1.29, 1.82) is 0 Å². The highest BCUT2D eigenvalue weighted by Gasteiger charge is 2.02. The fraction of sp³-hybridized carbons (Fsp3) is 0.429.